The number of carbonyl (C=O) groups is 1. The van der Waals surface area contributed by atoms with Crippen molar-refractivity contribution in [1.29, 1.82) is 0 Å². The Morgan fingerprint density at radius 1 is 1.29 bits per heavy atom. The van der Waals surface area contributed by atoms with E-state index in [9.17, 15) is 13.6 Å². The minimum absolute atomic E-state index is 0.138. The van der Waals surface area contributed by atoms with E-state index in [0.717, 1.165) is 6.07 Å². The van der Waals surface area contributed by atoms with Crippen molar-refractivity contribution in [3.63, 3.8) is 0 Å². The molecular weight excluding hydrogens is 316 g/mol. The number of halogens is 2. The summed E-state index contributed by atoms with van der Waals surface area (Å²) in [4.78, 5) is 11.2. The monoisotopic (exact) mass is 333 g/mol. The number of primary amides is 1. The normalized spacial score (nSPS) is 18.4. The molecule has 0 aliphatic carbocycles. The average molecular weight is 333 g/mol. The van der Waals surface area contributed by atoms with Crippen molar-refractivity contribution >= 4 is 6.09 Å². The van der Waals surface area contributed by atoms with Crippen LogP contribution in [-0.4, -0.2) is 12.7 Å². The van der Waals surface area contributed by atoms with Gasteiger partial charge in [-0.05, 0) is 17.7 Å². The fourth-order valence-electron chi connectivity index (χ4n) is 2.87. The fourth-order valence-corrected chi connectivity index (χ4v) is 2.87. The fraction of sp³-hybridized carbons (Fsp3) is 0.278. The first-order valence-electron chi connectivity index (χ1n) is 7.47. The second-order valence-corrected chi connectivity index (χ2v) is 6.45. The lowest BCUT2D eigenvalue weighted by Crippen LogP contribution is -2.37. The van der Waals surface area contributed by atoms with Gasteiger partial charge in [0.2, 0.25) is 0 Å². The molecule has 2 aromatic carbocycles. The zero-order chi connectivity index (χ0) is 17.5. The van der Waals surface area contributed by atoms with Gasteiger partial charge in [-0.25, -0.2) is 13.6 Å². The Bertz CT molecular complexity index is 805. The van der Waals surface area contributed by atoms with Gasteiger partial charge in [-0.3, -0.25) is 0 Å². The van der Waals surface area contributed by atoms with Gasteiger partial charge in [-0.15, -0.1) is 0 Å². The van der Waals surface area contributed by atoms with Crippen molar-refractivity contribution in [2.24, 2.45) is 11.1 Å². The molecule has 2 N–H and O–H groups in total. The Balaban J connectivity index is 2.06. The van der Waals surface area contributed by atoms with E-state index in [2.05, 4.69) is 0 Å². The molecule has 24 heavy (non-hydrogen) atoms. The average Bonchev–Trinajstić information content (AvgIpc) is 2.52. The van der Waals surface area contributed by atoms with Crippen LogP contribution in [0.5, 0.6) is 5.75 Å². The van der Waals surface area contributed by atoms with E-state index < -0.39 is 29.2 Å². The van der Waals surface area contributed by atoms with E-state index in [0.29, 0.717) is 23.5 Å². The number of amides is 1. The molecule has 6 heteroatoms. The van der Waals surface area contributed by atoms with Crippen molar-refractivity contribution in [1.82, 2.24) is 0 Å². The largest absolute Gasteiger partial charge is 0.492 e. The maximum absolute atomic E-state index is 14.0. The van der Waals surface area contributed by atoms with Gasteiger partial charge in [0.15, 0.2) is 11.6 Å². The highest BCUT2D eigenvalue weighted by Gasteiger charge is 2.40. The smallest absolute Gasteiger partial charge is 0.405 e. The molecule has 3 rings (SSSR count). The molecule has 0 bridgehead atoms. The molecule has 1 aliphatic heterocycles. The van der Waals surface area contributed by atoms with Crippen molar-refractivity contribution in [2.45, 2.75) is 20.0 Å². The van der Waals surface area contributed by atoms with Gasteiger partial charge in [0.25, 0.3) is 0 Å². The van der Waals surface area contributed by atoms with E-state index in [4.69, 9.17) is 15.2 Å². The van der Waals surface area contributed by atoms with Crippen molar-refractivity contribution in [3.8, 4) is 16.9 Å². The summed E-state index contributed by atoms with van der Waals surface area (Å²) >= 11 is 0. The Labute approximate surface area is 138 Å². The molecule has 1 aliphatic rings. The standard InChI is InChI=1S/C18H17F2NO3/c1-18(2)9-23-14-8-10(11-4-3-5-13(19)15(11)20)6-7-12(14)16(18)24-17(21)22/h3-8,16H,9H2,1-2H3,(H2,21,22). The second kappa shape index (κ2) is 5.78. The van der Waals surface area contributed by atoms with Crippen LogP contribution in [0.2, 0.25) is 0 Å². The van der Waals surface area contributed by atoms with Gasteiger partial charge in [-0.1, -0.05) is 38.1 Å². The molecule has 1 heterocycles. The maximum atomic E-state index is 14.0. The van der Waals surface area contributed by atoms with Crippen LogP contribution in [-0.2, 0) is 4.74 Å². The number of rotatable bonds is 2. The van der Waals surface area contributed by atoms with Crippen LogP contribution in [0.15, 0.2) is 36.4 Å². The van der Waals surface area contributed by atoms with E-state index in [1.807, 2.05) is 13.8 Å². The van der Waals surface area contributed by atoms with Gasteiger partial charge in [0.1, 0.15) is 11.9 Å². The highest BCUT2D eigenvalue weighted by molar-refractivity contribution is 5.68. The predicted molar refractivity (Wildman–Crippen MR) is 84.5 cm³/mol. The van der Waals surface area contributed by atoms with Gasteiger partial charge >= 0.3 is 6.09 Å². The van der Waals surface area contributed by atoms with Crippen molar-refractivity contribution in [2.75, 3.05) is 6.61 Å². The summed E-state index contributed by atoms with van der Waals surface area (Å²) in [5.41, 5.74) is 5.96. The molecule has 0 aromatic heterocycles. The predicted octanol–water partition coefficient (Wildman–Crippen LogP) is 4.19. The van der Waals surface area contributed by atoms with Crippen LogP contribution >= 0.6 is 0 Å². The summed E-state index contributed by atoms with van der Waals surface area (Å²) in [6.07, 6.45) is -1.45. The quantitative estimate of drug-likeness (QED) is 0.896. The van der Waals surface area contributed by atoms with E-state index >= 15 is 0 Å². The Kier molecular flexibility index (Phi) is 3.91. The van der Waals surface area contributed by atoms with Gasteiger partial charge < -0.3 is 15.2 Å². The Morgan fingerprint density at radius 3 is 2.75 bits per heavy atom. The summed E-state index contributed by atoms with van der Waals surface area (Å²) in [6, 6.07) is 8.93. The van der Waals surface area contributed by atoms with Crippen molar-refractivity contribution in [3.05, 3.63) is 53.6 Å². The van der Waals surface area contributed by atoms with Crippen LogP contribution < -0.4 is 10.5 Å². The SMILES string of the molecule is CC1(C)COc2cc(-c3cccc(F)c3F)ccc2C1OC(N)=O. The van der Waals surface area contributed by atoms with E-state index in [-0.39, 0.29) is 5.56 Å². The van der Waals surface area contributed by atoms with Gasteiger partial charge in [0, 0.05) is 16.5 Å². The Morgan fingerprint density at radius 2 is 2.04 bits per heavy atom. The number of hydrogen-bond donors (Lipinski definition) is 1. The molecular formula is C18H17F2NO3. The maximum Gasteiger partial charge on any atom is 0.405 e. The summed E-state index contributed by atoms with van der Waals surface area (Å²) in [6.45, 7) is 4.08. The molecule has 0 saturated heterocycles. The molecule has 0 fully saturated rings. The number of ether oxygens (including phenoxy) is 2. The number of hydrogen-bond acceptors (Lipinski definition) is 3. The molecule has 0 saturated carbocycles. The second-order valence-electron chi connectivity index (χ2n) is 6.45. The molecule has 0 spiro atoms. The van der Waals surface area contributed by atoms with Gasteiger partial charge in [0.05, 0.1) is 6.61 Å². The third-order valence-corrected chi connectivity index (χ3v) is 4.10. The number of fused-ring (bicyclic) bond motifs is 1. The third kappa shape index (κ3) is 2.79. The van der Waals surface area contributed by atoms with Crippen molar-refractivity contribution < 1.29 is 23.0 Å². The minimum Gasteiger partial charge on any atom is -0.492 e. The first-order chi connectivity index (χ1) is 11.3. The molecule has 2 aromatic rings. The first kappa shape index (κ1) is 16.2. The molecule has 126 valence electrons. The van der Waals surface area contributed by atoms with Crippen LogP contribution in [0.3, 0.4) is 0 Å². The van der Waals surface area contributed by atoms with E-state index in [1.165, 1.54) is 12.1 Å². The lowest BCUT2D eigenvalue weighted by molar-refractivity contribution is -0.0176. The van der Waals surface area contributed by atoms with Gasteiger partial charge in [-0.2, -0.15) is 0 Å². The van der Waals surface area contributed by atoms with Crippen LogP contribution in [0.25, 0.3) is 11.1 Å². The molecule has 1 atom stereocenters. The topological polar surface area (TPSA) is 61.6 Å². The summed E-state index contributed by atoms with van der Waals surface area (Å²) in [5.74, 6) is -1.37. The molecule has 0 radical (unpaired) electrons. The summed E-state index contributed by atoms with van der Waals surface area (Å²) in [7, 11) is 0. The lowest BCUT2D eigenvalue weighted by atomic mass is 9.80. The third-order valence-electron chi connectivity index (χ3n) is 4.10. The lowest BCUT2D eigenvalue weighted by Gasteiger charge is -2.38. The number of carbonyl (C=O) groups excluding carboxylic acids is 1. The zero-order valence-electron chi connectivity index (χ0n) is 13.3. The molecule has 1 amide bonds. The first-order valence-corrected chi connectivity index (χ1v) is 7.47. The highest BCUT2D eigenvalue weighted by Crippen LogP contribution is 2.46. The zero-order valence-corrected chi connectivity index (χ0v) is 13.3. The molecule has 4 nitrogen and oxygen atoms in total. The van der Waals surface area contributed by atoms with Crippen LogP contribution in [0.4, 0.5) is 13.6 Å². The number of benzene rings is 2. The molecule has 1 unspecified atom stereocenters. The van der Waals surface area contributed by atoms with Crippen LogP contribution in [0.1, 0.15) is 25.5 Å². The van der Waals surface area contributed by atoms with E-state index in [1.54, 1.807) is 18.2 Å². The van der Waals surface area contributed by atoms with Crippen LogP contribution in [0, 0.1) is 17.0 Å². The highest BCUT2D eigenvalue weighted by atomic mass is 19.2. The summed E-state index contributed by atoms with van der Waals surface area (Å²) < 4.78 is 38.4. The summed E-state index contributed by atoms with van der Waals surface area (Å²) in [5, 5.41) is 0. The minimum atomic E-state index is -0.918. The Hall–Kier alpha value is -2.63. The number of nitrogens with two attached hydrogens (primary N) is 1.